The van der Waals surface area contributed by atoms with Crippen molar-refractivity contribution in [3.05, 3.63) is 58.1 Å². The Hall–Kier alpha value is -2.83. The van der Waals surface area contributed by atoms with Crippen molar-refractivity contribution in [2.75, 3.05) is 52.5 Å². The number of nitrogens with two attached hydrogens (primary N) is 1. The normalized spacial score (nSPS) is 15.5. The van der Waals surface area contributed by atoms with E-state index in [9.17, 15) is 19.2 Å². The maximum atomic E-state index is 11.7. The minimum atomic E-state index is -0.595. The van der Waals surface area contributed by atoms with Gasteiger partial charge in [-0.05, 0) is 80.9 Å². The molecular formula is C30H41Cl3N6O5. The van der Waals surface area contributed by atoms with Gasteiger partial charge >= 0.3 is 0 Å². The Kier molecular flexibility index (Phi) is 18.5. The summed E-state index contributed by atoms with van der Waals surface area (Å²) in [6, 6.07) is 6.14. The van der Waals surface area contributed by atoms with Crippen molar-refractivity contribution in [1.29, 1.82) is 0 Å². The van der Waals surface area contributed by atoms with Crippen LogP contribution in [0.5, 0.6) is 0 Å². The number of hydrogen-bond donors (Lipinski definition) is 2. The quantitative estimate of drug-likeness (QED) is 0.296. The maximum absolute atomic E-state index is 11.7. The number of halogens is 3. The van der Waals surface area contributed by atoms with Gasteiger partial charge in [0.25, 0.3) is 11.1 Å². The van der Waals surface area contributed by atoms with Crippen molar-refractivity contribution in [2.24, 2.45) is 5.73 Å². The van der Waals surface area contributed by atoms with Gasteiger partial charge in [0.1, 0.15) is 11.4 Å². The molecule has 0 saturated carbocycles. The highest BCUT2D eigenvalue weighted by atomic mass is 35.5. The Morgan fingerprint density at radius 2 is 1.36 bits per heavy atom. The molecule has 0 bridgehead atoms. The smallest absolute Gasteiger partial charge is 0.270 e. The molecule has 2 aromatic rings. The molecular weight excluding hydrogens is 631 g/mol. The van der Waals surface area contributed by atoms with E-state index in [0.29, 0.717) is 47.7 Å². The lowest BCUT2D eigenvalue weighted by Crippen LogP contribution is -2.30. The first-order chi connectivity index (χ1) is 21.2. The molecule has 0 spiro atoms. The maximum Gasteiger partial charge on any atom is 0.270 e. The lowest BCUT2D eigenvalue weighted by Gasteiger charge is -2.15. The van der Waals surface area contributed by atoms with Gasteiger partial charge in [-0.2, -0.15) is 0 Å². The highest BCUT2D eigenvalue weighted by molar-refractivity contribution is 6.67. The number of nitrogens with zero attached hydrogens (tertiary/aromatic N) is 4. The molecule has 5 heterocycles. The average molecular weight is 672 g/mol. The molecule has 3 aliphatic rings. The van der Waals surface area contributed by atoms with Crippen LogP contribution in [-0.4, -0.2) is 95.2 Å². The Morgan fingerprint density at radius 3 is 1.77 bits per heavy atom. The molecule has 11 nitrogen and oxygen atoms in total. The summed E-state index contributed by atoms with van der Waals surface area (Å²) in [5, 5.41) is 3.12. The summed E-state index contributed by atoms with van der Waals surface area (Å²) in [4.78, 5) is 55.9. The summed E-state index contributed by atoms with van der Waals surface area (Å²) >= 11 is 16.4. The number of likely N-dealkylation sites (tertiary alicyclic amines) is 2. The van der Waals surface area contributed by atoms with Crippen molar-refractivity contribution in [3.63, 3.8) is 0 Å². The number of pyridine rings is 2. The lowest BCUT2D eigenvalue weighted by molar-refractivity contribution is -0.128. The predicted molar refractivity (Wildman–Crippen MR) is 171 cm³/mol. The van der Waals surface area contributed by atoms with Crippen LogP contribution in [0, 0.1) is 0 Å². The number of rotatable bonds is 9. The largest absolute Gasteiger partial charge is 0.381 e. The number of carbonyl (C=O) groups is 4. The Labute approximate surface area is 273 Å². The van der Waals surface area contributed by atoms with Gasteiger partial charge in [-0.1, -0.05) is 23.2 Å². The number of hydrogen-bond acceptors (Lipinski definition) is 8. The van der Waals surface area contributed by atoms with Gasteiger partial charge in [-0.3, -0.25) is 29.1 Å². The van der Waals surface area contributed by atoms with Crippen molar-refractivity contribution >= 4 is 57.8 Å². The monoisotopic (exact) mass is 670 g/mol. The third-order valence-electron chi connectivity index (χ3n) is 6.57. The molecule has 2 aromatic heterocycles. The topological polar surface area (TPSA) is 148 Å². The Bertz CT molecular complexity index is 1190. The second-order valence-electron chi connectivity index (χ2n) is 10.0. The zero-order valence-electron chi connectivity index (χ0n) is 24.8. The number of aromatic nitrogens is 2. The van der Waals surface area contributed by atoms with Gasteiger partial charge in [-0.15, -0.1) is 0 Å². The second-order valence-corrected chi connectivity index (χ2v) is 11.2. The van der Waals surface area contributed by atoms with E-state index in [-0.39, 0.29) is 17.5 Å². The molecule has 0 unspecified atom stereocenters. The van der Waals surface area contributed by atoms with E-state index in [2.05, 4.69) is 15.3 Å². The number of ether oxygens (including phenoxy) is 1. The first-order valence-corrected chi connectivity index (χ1v) is 15.9. The number of amides is 3. The first kappa shape index (κ1) is 37.4. The highest BCUT2D eigenvalue weighted by Crippen LogP contribution is 2.11. The van der Waals surface area contributed by atoms with Crippen LogP contribution in [0.2, 0.25) is 10.0 Å². The third kappa shape index (κ3) is 15.3. The SMILES string of the molecule is C1CCOC1.NCCCN1CCCC1=O.O=C(Cl)c1cc(Cl)ccn1.O=C(NCCCN1CCCC1=O)c1cc(Cl)ccn1. The molecule has 3 aliphatic heterocycles. The van der Waals surface area contributed by atoms with Gasteiger partial charge in [-0.25, -0.2) is 0 Å². The molecule has 242 valence electrons. The summed E-state index contributed by atoms with van der Waals surface area (Å²) in [6.07, 6.45) is 10.5. The third-order valence-corrected chi connectivity index (χ3v) is 7.23. The van der Waals surface area contributed by atoms with Gasteiger partial charge in [0, 0.05) is 81.2 Å². The molecule has 3 N–H and O–H groups in total. The van der Waals surface area contributed by atoms with Crippen LogP contribution in [0.1, 0.15) is 72.3 Å². The van der Waals surface area contributed by atoms with E-state index < -0.39 is 5.24 Å². The van der Waals surface area contributed by atoms with Gasteiger partial charge in [0.2, 0.25) is 11.8 Å². The standard InChI is InChI=1S/C13H16ClN3O2.C7H14N2O.C6H3Cl2NO.C4H8O/c14-10-4-6-15-11(9-10)13(19)16-5-2-8-17-7-1-3-12(17)18;8-4-2-6-9-5-1-3-7(9)10;7-4-1-2-9-5(3-4)6(8)10;1-2-4-5-3-1/h4,6,9H,1-3,5,7-8H2,(H,16,19);1-6,8H2;1-3H;1-4H2. The van der Waals surface area contributed by atoms with E-state index in [0.717, 1.165) is 65.0 Å². The summed E-state index contributed by atoms with van der Waals surface area (Å²) in [5.41, 5.74) is 5.80. The van der Waals surface area contributed by atoms with E-state index in [1.54, 1.807) is 12.1 Å². The fourth-order valence-electron chi connectivity index (χ4n) is 4.28. The summed E-state index contributed by atoms with van der Waals surface area (Å²) in [5.74, 6) is 0.270. The van der Waals surface area contributed by atoms with Crippen molar-refractivity contribution < 1.29 is 23.9 Å². The Morgan fingerprint density at radius 1 is 0.841 bits per heavy atom. The molecule has 0 aromatic carbocycles. The van der Waals surface area contributed by atoms with Crippen LogP contribution in [0.3, 0.4) is 0 Å². The molecule has 0 atom stereocenters. The minimum Gasteiger partial charge on any atom is -0.381 e. The van der Waals surface area contributed by atoms with Gasteiger partial charge in [0.15, 0.2) is 0 Å². The molecule has 14 heteroatoms. The molecule has 3 amide bonds. The first-order valence-electron chi connectivity index (χ1n) is 14.8. The van der Waals surface area contributed by atoms with Crippen LogP contribution in [0.4, 0.5) is 0 Å². The molecule has 3 fully saturated rings. The lowest BCUT2D eigenvalue weighted by atomic mass is 10.3. The van der Waals surface area contributed by atoms with Crippen LogP contribution < -0.4 is 11.1 Å². The highest BCUT2D eigenvalue weighted by Gasteiger charge is 2.19. The molecule has 44 heavy (non-hydrogen) atoms. The Balaban J connectivity index is 0.000000227. The zero-order chi connectivity index (χ0) is 32.2. The average Bonchev–Trinajstić information content (AvgIpc) is 3.80. The van der Waals surface area contributed by atoms with Crippen LogP contribution in [0.15, 0.2) is 36.7 Å². The minimum absolute atomic E-state index is 0.175. The van der Waals surface area contributed by atoms with Crippen molar-refractivity contribution in [2.45, 2.75) is 51.4 Å². The molecule has 0 aliphatic carbocycles. The predicted octanol–water partition coefficient (Wildman–Crippen LogP) is 4.35. The van der Waals surface area contributed by atoms with Gasteiger partial charge in [0.05, 0.1) is 0 Å². The molecule has 3 saturated heterocycles. The van der Waals surface area contributed by atoms with E-state index in [1.807, 2.05) is 9.80 Å². The van der Waals surface area contributed by atoms with E-state index in [4.69, 9.17) is 45.3 Å². The molecule has 0 radical (unpaired) electrons. The zero-order valence-corrected chi connectivity index (χ0v) is 27.1. The fraction of sp³-hybridized carbons (Fsp3) is 0.533. The van der Waals surface area contributed by atoms with Crippen molar-refractivity contribution in [3.8, 4) is 0 Å². The van der Waals surface area contributed by atoms with E-state index in [1.165, 1.54) is 37.4 Å². The second kappa shape index (κ2) is 21.8. The van der Waals surface area contributed by atoms with E-state index >= 15 is 0 Å². The number of nitrogens with one attached hydrogen (secondary N) is 1. The van der Waals surface area contributed by atoms with Gasteiger partial charge < -0.3 is 25.6 Å². The van der Waals surface area contributed by atoms with Crippen molar-refractivity contribution in [1.82, 2.24) is 25.1 Å². The van der Waals surface area contributed by atoms with Crippen LogP contribution in [-0.2, 0) is 14.3 Å². The number of carbonyl (C=O) groups excluding carboxylic acids is 4. The summed E-state index contributed by atoms with van der Waals surface area (Å²) in [7, 11) is 0. The summed E-state index contributed by atoms with van der Waals surface area (Å²) < 4.78 is 4.94. The molecule has 5 rings (SSSR count). The summed E-state index contributed by atoms with van der Waals surface area (Å²) in [6.45, 7) is 6.54. The fourth-order valence-corrected chi connectivity index (χ4v) is 4.70. The van der Waals surface area contributed by atoms with Crippen LogP contribution >= 0.6 is 34.8 Å². The van der Waals surface area contributed by atoms with Crippen LogP contribution in [0.25, 0.3) is 0 Å².